The molecule has 2 aromatic rings. The molecule has 1 N–H and O–H groups in total. The van der Waals surface area contributed by atoms with Crippen LogP contribution in [0.2, 0.25) is 0 Å². The molecule has 0 bridgehead atoms. The monoisotopic (exact) mass is 707 g/mol. The highest BCUT2D eigenvalue weighted by molar-refractivity contribution is 5.99. The largest absolute Gasteiger partial charge is 0.444 e. The fourth-order valence-corrected chi connectivity index (χ4v) is 6.36. The first kappa shape index (κ1) is 39.5. The third-order valence-corrected chi connectivity index (χ3v) is 8.80. The van der Waals surface area contributed by atoms with Gasteiger partial charge >= 0.3 is 6.09 Å². The molecule has 2 fully saturated rings. The molecule has 51 heavy (non-hydrogen) atoms. The first-order valence-corrected chi connectivity index (χ1v) is 18.0. The van der Waals surface area contributed by atoms with Crippen LogP contribution in [0.15, 0.2) is 36.5 Å². The number of likely N-dealkylation sites (tertiary alicyclic amines) is 1. The summed E-state index contributed by atoms with van der Waals surface area (Å²) in [5.41, 5.74) is 0.00697. The minimum Gasteiger partial charge on any atom is -0.444 e. The van der Waals surface area contributed by atoms with Crippen molar-refractivity contribution in [3.05, 3.63) is 47.9 Å². The lowest BCUT2D eigenvalue weighted by Gasteiger charge is -2.44. The topological polar surface area (TPSA) is 138 Å². The summed E-state index contributed by atoms with van der Waals surface area (Å²) in [6, 6.07) is 8.89. The maximum absolute atomic E-state index is 14.6. The van der Waals surface area contributed by atoms with Gasteiger partial charge < -0.3 is 34.4 Å². The molecule has 0 unspecified atom stereocenters. The number of ether oxygens (including phenoxy) is 2. The number of hydrogen-bond acceptors (Lipinski definition) is 9. The minimum absolute atomic E-state index is 0.0640. The van der Waals surface area contributed by atoms with Crippen LogP contribution < -0.4 is 10.2 Å². The molecular formula is C38H57N7O6. The molecule has 2 saturated heterocycles. The molecule has 280 valence electrons. The molecule has 1 aromatic carbocycles. The van der Waals surface area contributed by atoms with Gasteiger partial charge in [0.1, 0.15) is 29.4 Å². The molecule has 0 radical (unpaired) electrons. The standard InChI is InChI=1S/C38H57N7O6/c1-26(2)22-45(34(48)30-21-40-35(37(3,4)5)41-32(30)39-16-13-19-50-9)29-20-27(23-43(24-29)36(49)51-38(6,7)8)33(47)42-17-18-44(31(46)25-42)28-14-11-10-12-15-28/h10-12,14-15,21,26-27,29H,13,16-20,22-25H2,1-9H3,(H,39,40,41)/t27-,29+/m1/s1. The Morgan fingerprint density at radius 2 is 1.73 bits per heavy atom. The van der Waals surface area contributed by atoms with Crippen LogP contribution in [0.25, 0.3) is 0 Å². The summed E-state index contributed by atoms with van der Waals surface area (Å²) < 4.78 is 11.0. The lowest BCUT2D eigenvalue weighted by molar-refractivity contribution is -0.142. The van der Waals surface area contributed by atoms with Crippen LogP contribution in [0.4, 0.5) is 16.3 Å². The molecule has 13 heteroatoms. The molecule has 4 amide bonds. The van der Waals surface area contributed by atoms with Gasteiger partial charge in [0.05, 0.1) is 12.0 Å². The van der Waals surface area contributed by atoms with Gasteiger partial charge in [-0.3, -0.25) is 14.4 Å². The van der Waals surface area contributed by atoms with Crippen molar-refractivity contribution in [2.45, 2.75) is 85.3 Å². The van der Waals surface area contributed by atoms with Gasteiger partial charge in [-0.25, -0.2) is 14.8 Å². The lowest BCUT2D eigenvalue weighted by Crippen LogP contribution is -2.60. The average Bonchev–Trinajstić information content (AvgIpc) is 3.07. The van der Waals surface area contributed by atoms with Crippen molar-refractivity contribution in [2.24, 2.45) is 11.8 Å². The Hall–Kier alpha value is -4.26. The number of anilines is 2. The van der Waals surface area contributed by atoms with Crippen LogP contribution >= 0.6 is 0 Å². The van der Waals surface area contributed by atoms with Gasteiger partial charge in [0.25, 0.3) is 5.91 Å². The van der Waals surface area contributed by atoms with Crippen LogP contribution in [0, 0.1) is 11.8 Å². The lowest BCUT2D eigenvalue weighted by atomic mass is 9.90. The van der Waals surface area contributed by atoms with Crippen LogP contribution in [-0.2, 0) is 24.5 Å². The summed E-state index contributed by atoms with van der Waals surface area (Å²) in [5.74, 6) is -0.204. The minimum atomic E-state index is -0.757. The van der Waals surface area contributed by atoms with Gasteiger partial charge in [-0.1, -0.05) is 52.8 Å². The molecule has 2 atom stereocenters. The second-order valence-corrected chi connectivity index (χ2v) is 15.9. The zero-order valence-electron chi connectivity index (χ0n) is 31.9. The first-order chi connectivity index (χ1) is 24.0. The number of carbonyl (C=O) groups is 4. The number of amides is 4. The first-order valence-electron chi connectivity index (χ1n) is 18.0. The van der Waals surface area contributed by atoms with Crippen LogP contribution in [0.3, 0.4) is 0 Å². The number of nitrogens with zero attached hydrogens (tertiary/aromatic N) is 6. The Balaban J connectivity index is 1.65. The van der Waals surface area contributed by atoms with E-state index in [9.17, 15) is 19.2 Å². The van der Waals surface area contributed by atoms with E-state index in [-0.39, 0.29) is 48.7 Å². The Morgan fingerprint density at radius 1 is 1.02 bits per heavy atom. The van der Waals surface area contributed by atoms with E-state index in [1.54, 1.807) is 48.8 Å². The number of piperidine rings is 1. The normalized spacial score (nSPS) is 18.5. The molecule has 1 aromatic heterocycles. The predicted octanol–water partition coefficient (Wildman–Crippen LogP) is 4.82. The zero-order chi connectivity index (χ0) is 37.5. The number of aromatic nitrogens is 2. The number of piperazine rings is 1. The van der Waals surface area contributed by atoms with Gasteiger partial charge in [-0.2, -0.15) is 0 Å². The van der Waals surface area contributed by atoms with Crippen molar-refractivity contribution >= 4 is 35.3 Å². The molecule has 0 saturated carbocycles. The third kappa shape index (κ3) is 10.6. The van der Waals surface area contributed by atoms with Gasteiger partial charge in [-0.15, -0.1) is 0 Å². The van der Waals surface area contributed by atoms with Gasteiger partial charge in [0, 0.05) is 70.3 Å². The van der Waals surface area contributed by atoms with Crippen molar-refractivity contribution in [2.75, 3.05) is 69.7 Å². The van der Waals surface area contributed by atoms with Gasteiger partial charge in [0.15, 0.2) is 0 Å². The Bertz CT molecular complexity index is 1520. The van der Waals surface area contributed by atoms with Gasteiger partial charge in [-0.05, 0) is 51.7 Å². The van der Waals surface area contributed by atoms with Crippen molar-refractivity contribution < 1.29 is 28.7 Å². The number of hydrogen-bond donors (Lipinski definition) is 1. The van der Waals surface area contributed by atoms with E-state index in [0.29, 0.717) is 62.8 Å². The fraction of sp³-hybridized carbons (Fsp3) is 0.632. The summed E-state index contributed by atoms with van der Waals surface area (Å²) >= 11 is 0. The summed E-state index contributed by atoms with van der Waals surface area (Å²) in [6.07, 6.45) is 2.07. The van der Waals surface area contributed by atoms with Crippen LogP contribution in [0.1, 0.15) is 84.4 Å². The quantitative estimate of drug-likeness (QED) is 0.326. The van der Waals surface area contributed by atoms with E-state index < -0.39 is 23.7 Å². The number of carbonyl (C=O) groups excluding carboxylic acids is 4. The second kappa shape index (κ2) is 16.8. The van der Waals surface area contributed by atoms with E-state index in [1.165, 1.54) is 4.90 Å². The summed E-state index contributed by atoms with van der Waals surface area (Å²) in [7, 11) is 1.65. The number of nitrogens with one attached hydrogen (secondary N) is 1. The number of para-hydroxylation sites is 1. The second-order valence-electron chi connectivity index (χ2n) is 15.9. The maximum Gasteiger partial charge on any atom is 0.410 e. The van der Waals surface area contributed by atoms with Crippen LogP contribution in [0.5, 0.6) is 0 Å². The molecule has 13 nitrogen and oxygen atoms in total. The fourth-order valence-electron chi connectivity index (χ4n) is 6.36. The summed E-state index contributed by atoms with van der Waals surface area (Å²) in [4.78, 5) is 71.7. The van der Waals surface area contributed by atoms with E-state index in [0.717, 1.165) is 5.69 Å². The van der Waals surface area contributed by atoms with E-state index in [4.69, 9.17) is 14.5 Å². The van der Waals surface area contributed by atoms with E-state index in [1.807, 2.05) is 65.0 Å². The molecule has 2 aliphatic rings. The average molecular weight is 708 g/mol. The van der Waals surface area contributed by atoms with E-state index >= 15 is 0 Å². The molecule has 0 aliphatic carbocycles. The highest BCUT2D eigenvalue weighted by Gasteiger charge is 2.42. The molecule has 0 spiro atoms. The molecule has 4 rings (SSSR count). The maximum atomic E-state index is 14.6. The Labute approximate surface area is 303 Å². The molecule has 3 heterocycles. The highest BCUT2D eigenvalue weighted by Crippen LogP contribution is 2.29. The van der Waals surface area contributed by atoms with Gasteiger partial charge in [0.2, 0.25) is 11.8 Å². The van der Waals surface area contributed by atoms with E-state index in [2.05, 4.69) is 10.3 Å². The summed E-state index contributed by atoms with van der Waals surface area (Å²) in [5, 5.41) is 3.34. The number of methoxy groups -OCH3 is 1. The zero-order valence-corrected chi connectivity index (χ0v) is 31.9. The highest BCUT2D eigenvalue weighted by atomic mass is 16.6. The van der Waals surface area contributed by atoms with Crippen LogP contribution in [-0.4, -0.2) is 120 Å². The van der Waals surface area contributed by atoms with Crippen molar-refractivity contribution in [1.29, 1.82) is 0 Å². The number of rotatable bonds is 11. The van der Waals surface area contributed by atoms with Crippen molar-refractivity contribution in [1.82, 2.24) is 24.7 Å². The Kier molecular flexibility index (Phi) is 13.0. The Morgan fingerprint density at radius 3 is 2.33 bits per heavy atom. The van der Waals surface area contributed by atoms with Crippen molar-refractivity contribution in [3.63, 3.8) is 0 Å². The smallest absolute Gasteiger partial charge is 0.410 e. The molecule has 2 aliphatic heterocycles. The SMILES string of the molecule is COCCCNc1nc(C(C)(C)C)ncc1C(=O)N(CC(C)C)[C@H]1C[C@@H](C(=O)N2CCN(c3ccccc3)C(=O)C2)CN(C(=O)OC(C)(C)C)C1. The predicted molar refractivity (Wildman–Crippen MR) is 197 cm³/mol. The van der Waals surface area contributed by atoms with Crippen molar-refractivity contribution in [3.8, 4) is 0 Å². The molecular weight excluding hydrogens is 650 g/mol. The third-order valence-electron chi connectivity index (χ3n) is 8.80. The number of benzene rings is 1. The summed E-state index contributed by atoms with van der Waals surface area (Å²) in [6.45, 7) is 17.9.